The minimum absolute atomic E-state index is 0.0248. The SMILES string of the molecule is Fc1ccc(-c2cnnc(-c3ccncc3)c2)cc1-c1ncccc1F. The fourth-order valence-corrected chi connectivity index (χ4v) is 2.66. The fraction of sp³-hybridized carbons (Fsp3) is 0. The lowest BCUT2D eigenvalue weighted by Gasteiger charge is -2.08. The molecule has 0 radical (unpaired) electrons. The molecule has 6 heteroatoms. The van der Waals surface area contributed by atoms with Crippen LogP contribution < -0.4 is 0 Å². The van der Waals surface area contributed by atoms with Gasteiger partial charge in [-0.05, 0) is 48.0 Å². The fourth-order valence-electron chi connectivity index (χ4n) is 2.66. The topological polar surface area (TPSA) is 51.6 Å². The van der Waals surface area contributed by atoms with Crippen LogP contribution in [0.5, 0.6) is 0 Å². The maximum atomic E-state index is 14.3. The van der Waals surface area contributed by atoms with Gasteiger partial charge in [-0.15, -0.1) is 0 Å². The Balaban J connectivity index is 1.80. The number of hydrogen-bond donors (Lipinski definition) is 0. The number of aromatic nitrogens is 4. The Morgan fingerprint density at radius 1 is 0.731 bits per heavy atom. The van der Waals surface area contributed by atoms with Gasteiger partial charge in [-0.1, -0.05) is 6.07 Å². The van der Waals surface area contributed by atoms with Crippen LogP contribution in [0.15, 0.2) is 73.3 Å². The molecule has 0 unspecified atom stereocenters. The van der Waals surface area contributed by atoms with Crippen LogP contribution in [0.1, 0.15) is 0 Å². The van der Waals surface area contributed by atoms with E-state index in [1.807, 2.05) is 18.2 Å². The summed E-state index contributed by atoms with van der Waals surface area (Å²) in [5, 5.41) is 8.15. The second-order valence-electron chi connectivity index (χ2n) is 5.59. The van der Waals surface area contributed by atoms with Gasteiger partial charge in [0.1, 0.15) is 17.3 Å². The number of benzene rings is 1. The molecule has 0 N–H and O–H groups in total. The zero-order valence-corrected chi connectivity index (χ0v) is 13.5. The molecule has 0 atom stereocenters. The molecule has 4 rings (SSSR count). The van der Waals surface area contributed by atoms with Crippen LogP contribution in [0.4, 0.5) is 8.78 Å². The van der Waals surface area contributed by atoms with Crippen LogP contribution in [0, 0.1) is 11.6 Å². The minimum atomic E-state index is -0.575. The van der Waals surface area contributed by atoms with Crippen LogP contribution in [-0.4, -0.2) is 20.2 Å². The van der Waals surface area contributed by atoms with E-state index in [1.165, 1.54) is 24.4 Å². The third-order valence-corrected chi connectivity index (χ3v) is 3.94. The first-order valence-electron chi connectivity index (χ1n) is 7.86. The highest BCUT2D eigenvalue weighted by Crippen LogP contribution is 2.30. The minimum Gasteiger partial charge on any atom is -0.265 e. The monoisotopic (exact) mass is 346 g/mol. The smallest absolute Gasteiger partial charge is 0.149 e. The van der Waals surface area contributed by atoms with Gasteiger partial charge < -0.3 is 0 Å². The molecule has 26 heavy (non-hydrogen) atoms. The van der Waals surface area contributed by atoms with Gasteiger partial charge in [-0.2, -0.15) is 10.2 Å². The molecular weight excluding hydrogens is 334 g/mol. The van der Waals surface area contributed by atoms with E-state index in [0.29, 0.717) is 11.3 Å². The molecule has 126 valence electrons. The summed E-state index contributed by atoms with van der Waals surface area (Å²) in [6.07, 6.45) is 6.35. The van der Waals surface area contributed by atoms with Gasteiger partial charge in [0.15, 0.2) is 0 Å². The van der Waals surface area contributed by atoms with Crippen molar-refractivity contribution in [3.8, 4) is 33.6 Å². The molecule has 0 amide bonds. The average Bonchev–Trinajstić information content (AvgIpc) is 2.70. The molecule has 0 saturated heterocycles. The average molecular weight is 346 g/mol. The molecule has 0 spiro atoms. The van der Waals surface area contributed by atoms with Crippen LogP contribution in [0.2, 0.25) is 0 Å². The summed E-state index contributed by atoms with van der Waals surface area (Å²) in [5.41, 5.74) is 3.04. The highest BCUT2D eigenvalue weighted by atomic mass is 19.1. The lowest BCUT2D eigenvalue weighted by molar-refractivity contribution is 0.611. The summed E-state index contributed by atoms with van der Waals surface area (Å²) in [7, 11) is 0. The van der Waals surface area contributed by atoms with Crippen LogP contribution in [0.3, 0.4) is 0 Å². The Bertz CT molecular complexity index is 1070. The summed E-state index contributed by atoms with van der Waals surface area (Å²) >= 11 is 0. The van der Waals surface area contributed by atoms with E-state index in [4.69, 9.17) is 0 Å². The van der Waals surface area contributed by atoms with Crippen molar-refractivity contribution in [2.24, 2.45) is 0 Å². The van der Waals surface area contributed by atoms with Gasteiger partial charge in [0.2, 0.25) is 0 Å². The zero-order chi connectivity index (χ0) is 17.9. The standard InChI is InChI=1S/C20H12F2N4/c21-17-4-3-14(10-16(17)20-18(22)2-1-7-24-20)15-11-19(26-25-12-15)13-5-8-23-9-6-13/h1-12H. The molecule has 3 aromatic heterocycles. The lowest BCUT2D eigenvalue weighted by Crippen LogP contribution is -1.94. The van der Waals surface area contributed by atoms with Crippen LogP contribution >= 0.6 is 0 Å². The first kappa shape index (κ1) is 16.0. The van der Waals surface area contributed by atoms with E-state index in [9.17, 15) is 8.78 Å². The molecule has 3 heterocycles. The summed E-state index contributed by atoms with van der Waals surface area (Å²) in [4.78, 5) is 7.94. The van der Waals surface area contributed by atoms with Crippen molar-refractivity contribution in [3.63, 3.8) is 0 Å². The van der Waals surface area contributed by atoms with Crippen molar-refractivity contribution in [2.75, 3.05) is 0 Å². The van der Waals surface area contributed by atoms with E-state index >= 15 is 0 Å². The number of halogens is 2. The van der Waals surface area contributed by atoms with E-state index in [0.717, 1.165) is 11.1 Å². The van der Waals surface area contributed by atoms with Crippen molar-refractivity contribution in [1.29, 1.82) is 0 Å². The first-order chi connectivity index (χ1) is 12.7. The van der Waals surface area contributed by atoms with Gasteiger partial charge >= 0.3 is 0 Å². The van der Waals surface area contributed by atoms with E-state index in [-0.39, 0.29) is 11.3 Å². The molecule has 0 bridgehead atoms. The zero-order valence-electron chi connectivity index (χ0n) is 13.5. The second kappa shape index (κ2) is 6.76. The molecule has 0 aliphatic heterocycles. The Morgan fingerprint density at radius 3 is 2.38 bits per heavy atom. The number of nitrogens with zero attached hydrogens (tertiary/aromatic N) is 4. The third kappa shape index (κ3) is 3.04. The van der Waals surface area contributed by atoms with Crippen molar-refractivity contribution >= 4 is 0 Å². The van der Waals surface area contributed by atoms with Gasteiger partial charge in [-0.25, -0.2) is 8.78 Å². The molecule has 0 fully saturated rings. The summed E-state index contributed by atoms with van der Waals surface area (Å²) in [5.74, 6) is -1.11. The van der Waals surface area contributed by atoms with Crippen LogP contribution in [-0.2, 0) is 0 Å². The van der Waals surface area contributed by atoms with Crippen molar-refractivity contribution in [3.05, 3.63) is 85.0 Å². The maximum Gasteiger partial charge on any atom is 0.149 e. The van der Waals surface area contributed by atoms with Gasteiger partial charge in [0.05, 0.1) is 11.9 Å². The Kier molecular flexibility index (Phi) is 4.15. The van der Waals surface area contributed by atoms with E-state index in [1.54, 1.807) is 30.7 Å². The first-order valence-corrected chi connectivity index (χ1v) is 7.86. The summed E-state index contributed by atoms with van der Waals surface area (Å²) in [6, 6.07) is 12.7. The number of hydrogen-bond acceptors (Lipinski definition) is 4. The third-order valence-electron chi connectivity index (χ3n) is 3.94. The van der Waals surface area contributed by atoms with Crippen molar-refractivity contribution in [1.82, 2.24) is 20.2 Å². The van der Waals surface area contributed by atoms with Crippen LogP contribution in [0.25, 0.3) is 33.6 Å². The predicted octanol–water partition coefficient (Wildman–Crippen LogP) is 4.55. The molecule has 1 aromatic carbocycles. The van der Waals surface area contributed by atoms with E-state index in [2.05, 4.69) is 20.2 Å². The maximum absolute atomic E-state index is 14.3. The summed E-state index contributed by atoms with van der Waals surface area (Å²) < 4.78 is 28.3. The van der Waals surface area contributed by atoms with Gasteiger partial charge in [0, 0.05) is 35.3 Å². The normalized spacial score (nSPS) is 10.7. The molecule has 4 aromatic rings. The van der Waals surface area contributed by atoms with Crippen molar-refractivity contribution < 1.29 is 8.78 Å². The van der Waals surface area contributed by atoms with Crippen molar-refractivity contribution in [2.45, 2.75) is 0 Å². The highest BCUT2D eigenvalue weighted by Gasteiger charge is 2.13. The molecule has 0 aliphatic rings. The molecular formula is C20H12F2N4. The second-order valence-corrected chi connectivity index (χ2v) is 5.59. The number of pyridine rings is 2. The van der Waals surface area contributed by atoms with E-state index < -0.39 is 11.6 Å². The largest absolute Gasteiger partial charge is 0.265 e. The quantitative estimate of drug-likeness (QED) is 0.546. The Hall–Kier alpha value is -3.54. The molecule has 0 saturated carbocycles. The van der Waals surface area contributed by atoms with Gasteiger partial charge in [-0.3, -0.25) is 9.97 Å². The predicted molar refractivity (Wildman–Crippen MR) is 93.8 cm³/mol. The highest BCUT2D eigenvalue weighted by molar-refractivity contribution is 5.74. The number of rotatable bonds is 3. The van der Waals surface area contributed by atoms with Gasteiger partial charge in [0.25, 0.3) is 0 Å². The Labute approximate surface area is 148 Å². The molecule has 4 nitrogen and oxygen atoms in total. The Morgan fingerprint density at radius 2 is 1.58 bits per heavy atom. The molecule has 0 aliphatic carbocycles. The lowest BCUT2D eigenvalue weighted by atomic mass is 10.0. The summed E-state index contributed by atoms with van der Waals surface area (Å²) in [6.45, 7) is 0.